The summed E-state index contributed by atoms with van der Waals surface area (Å²) in [6.07, 6.45) is 0.539. The number of hydrazine groups is 1. The van der Waals surface area contributed by atoms with Crippen LogP contribution in [0.4, 0.5) is 9.52 Å². The predicted molar refractivity (Wildman–Crippen MR) is 99.5 cm³/mol. The van der Waals surface area contributed by atoms with E-state index in [4.69, 9.17) is 23.2 Å². The maximum atomic E-state index is 13.2. The van der Waals surface area contributed by atoms with Crippen LogP contribution in [-0.4, -0.2) is 18.6 Å². The van der Waals surface area contributed by atoms with Gasteiger partial charge in [0.15, 0.2) is 0 Å². The lowest BCUT2D eigenvalue weighted by Gasteiger charge is -2.07. The topological polar surface area (TPSA) is 84.0 Å². The largest absolute Gasteiger partial charge is 0.282 e. The predicted octanol–water partition coefficient (Wildman–Crippen LogP) is 3.88. The molecular weight excluding hydrogens is 422 g/mol. The van der Waals surface area contributed by atoms with Crippen LogP contribution < -0.4 is 10.3 Å². The molecule has 0 bridgehead atoms. The second-order valence-corrected chi connectivity index (χ2v) is 8.70. The Balaban J connectivity index is 1.65. The van der Waals surface area contributed by atoms with Gasteiger partial charge in [-0.3, -0.25) is 5.43 Å². The van der Waals surface area contributed by atoms with E-state index >= 15 is 0 Å². The van der Waals surface area contributed by atoms with Gasteiger partial charge in [0.05, 0.1) is 9.92 Å². The molecular formula is C15H11Cl2FN4O2S2. The number of aromatic nitrogens is 2. The van der Waals surface area contributed by atoms with Crippen LogP contribution in [0.3, 0.4) is 0 Å². The first-order valence-electron chi connectivity index (χ1n) is 7.13. The van der Waals surface area contributed by atoms with Crippen LogP contribution in [0.15, 0.2) is 47.4 Å². The van der Waals surface area contributed by atoms with Gasteiger partial charge < -0.3 is 0 Å². The number of benzene rings is 2. The smallest absolute Gasteiger partial charge is 0.257 e. The standard InChI is InChI=1S/C15H11Cl2FN4O2S2/c16-10-3-1-9(2-4-10)7-14-19-20-15(25-14)21-22-26(23,24)11-5-6-13(18)12(17)8-11/h1-6,8,22H,7H2,(H,20,21). The maximum absolute atomic E-state index is 13.2. The Kier molecular flexibility index (Phi) is 5.73. The molecule has 6 nitrogen and oxygen atoms in total. The first-order chi connectivity index (χ1) is 12.3. The van der Waals surface area contributed by atoms with Crippen molar-refractivity contribution in [2.24, 2.45) is 0 Å². The minimum absolute atomic E-state index is 0.178. The van der Waals surface area contributed by atoms with Gasteiger partial charge in [-0.05, 0) is 35.9 Å². The number of sulfonamides is 1. The molecule has 0 amide bonds. The summed E-state index contributed by atoms with van der Waals surface area (Å²) in [5, 5.41) is 9.20. The highest BCUT2D eigenvalue weighted by atomic mass is 35.5. The van der Waals surface area contributed by atoms with Crippen LogP contribution in [0.25, 0.3) is 0 Å². The molecule has 2 aromatic carbocycles. The molecule has 11 heteroatoms. The number of hydrogen-bond donors (Lipinski definition) is 2. The van der Waals surface area contributed by atoms with E-state index in [9.17, 15) is 12.8 Å². The molecule has 3 rings (SSSR count). The Labute approximate surface area is 163 Å². The summed E-state index contributed by atoms with van der Waals surface area (Å²) in [6.45, 7) is 0. The number of halogens is 3. The SMILES string of the molecule is O=S(=O)(NNc1nnc(Cc2ccc(Cl)cc2)s1)c1ccc(F)c(Cl)c1. The number of nitrogens with zero attached hydrogens (tertiary/aromatic N) is 2. The summed E-state index contributed by atoms with van der Waals surface area (Å²) < 4.78 is 37.5. The zero-order chi connectivity index (χ0) is 18.7. The third kappa shape index (κ3) is 4.68. The van der Waals surface area contributed by atoms with Gasteiger partial charge >= 0.3 is 0 Å². The first-order valence-corrected chi connectivity index (χ1v) is 10.2. The van der Waals surface area contributed by atoms with E-state index in [-0.39, 0.29) is 15.0 Å². The van der Waals surface area contributed by atoms with Crippen LogP contribution in [0, 0.1) is 5.82 Å². The molecule has 0 aliphatic carbocycles. The molecule has 2 N–H and O–H groups in total. The summed E-state index contributed by atoms with van der Waals surface area (Å²) in [5.41, 5.74) is 3.48. The van der Waals surface area contributed by atoms with E-state index in [1.807, 2.05) is 12.1 Å². The average molecular weight is 433 g/mol. The number of rotatable bonds is 6. The van der Waals surface area contributed by atoms with Crippen molar-refractivity contribution in [2.75, 3.05) is 5.43 Å². The zero-order valence-electron chi connectivity index (χ0n) is 12.9. The fraction of sp³-hybridized carbons (Fsp3) is 0.0667. The number of nitrogens with one attached hydrogen (secondary N) is 2. The van der Waals surface area contributed by atoms with Crippen molar-refractivity contribution in [3.8, 4) is 0 Å². The molecule has 26 heavy (non-hydrogen) atoms. The van der Waals surface area contributed by atoms with Crippen molar-refractivity contribution in [2.45, 2.75) is 11.3 Å². The highest BCUT2D eigenvalue weighted by molar-refractivity contribution is 7.89. The fourth-order valence-corrected chi connectivity index (χ4v) is 4.00. The first kappa shape index (κ1) is 19.0. The van der Waals surface area contributed by atoms with Gasteiger partial charge in [0.25, 0.3) is 10.0 Å². The molecule has 1 aromatic heterocycles. The second kappa shape index (κ2) is 7.85. The van der Waals surface area contributed by atoms with Gasteiger partial charge in [-0.1, -0.05) is 46.7 Å². The molecule has 0 saturated heterocycles. The van der Waals surface area contributed by atoms with E-state index < -0.39 is 15.8 Å². The number of hydrogen-bond acceptors (Lipinski definition) is 6. The van der Waals surface area contributed by atoms with Gasteiger partial charge in [0, 0.05) is 11.4 Å². The molecule has 0 aliphatic heterocycles. The van der Waals surface area contributed by atoms with Crippen LogP contribution >= 0.6 is 34.5 Å². The van der Waals surface area contributed by atoms with E-state index in [0.29, 0.717) is 16.5 Å². The molecule has 0 saturated carbocycles. The van der Waals surface area contributed by atoms with Crippen LogP contribution in [0.2, 0.25) is 10.0 Å². The maximum Gasteiger partial charge on any atom is 0.257 e. The molecule has 0 aliphatic rings. The Morgan fingerprint density at radius 3 is 2.50 bits per heavy atom. The summed E-state index contributed by atoms with van der Waals surface area (Å²) in [4.78, 5) is 1.98. The van der Waals surface area contributed by atoms with Crippen molar-refractivity contribution in [1.82, 2.24) is 15.0 Å². The summed E-state index contributed by atoms with van der Waals surface area (Å²) in [6, 6.07) is 10.4. The quantitative estimate of drug-likeness (QED) is 0.577. The van der Waals surface area contributed by atoms with Crippen molar-refractivity contribution >= 4 is 49.7 Å². The Hall–Kier alpha value is -1.78. The van der Waals surface area contributed by atoms with Gasteiger partial charge in [0.2, 0.25) is 5.13 Å². The lowest BCUT2D eigenvalue weighted by molar-refractivity contribution is 0.586. The van der Waals surface area contributed by atoms with Crippen LogP contribution in [0.1, 0.15) is 10.6 Å². The molecule has 0 atom stereocenters. The third-order valence-electron chi connectivity index (χ3n) is 3.23. The minimum atomic E-state index is -3.94. The molecule has 1 heterocycles. The van der Waals surface area contributed by atoms with E-state index in [1.165, 1.54) is 11.3 Å². The van der Waals surface area contributed by atoms with Crippen molar-refractivity contribution in [3.63, 3.8) is 0 Å². The monoisotopic (exact) mass is 432 g/mol. The molecule has 0 unspecified atom stereocenters. The van der Waals surface area contributed by atoms with E-state index in [1.54, 1.807) is 12.1 Å². The third-order valence-corrected chi connectivity index (χ3v) is 5.85. The second-order valence-electron chi connectivity index (χ2n) is 5.11. The highest BCUT2D eigenvalue weighted by Crippen LogP contribution is 2.21. The molecule has 0 fully saturated rings. The normalized spacial score (nSPS) is 11.5. The van der Waals surface area contributed by atoms with Crippen molar-refractivity contribution in [3.05, 3.63) is 68.9 Å². The van der Waals surface area contributed by atoms with E-state index in [2.05, 4.69) is 20.5 Å². The lowest BCUT2D eigenvalue weighted by Crippen LogP contribution is -2.29. The molecule has 136 valence electrons. The average Bonchev–Trinajstić information content (AvgIpc) is 3.05. The van der Waals surface area contributed by atoms with Gasteiger partial charge in [-0.2, -0.15) is 0 Å². The molecule has 0 radical (unpaired) electrons. The van der Waals surface area contributed by atoms with Crippen LogP contribution in [-0.2, 0) is 16.4 Å². The molecule has 0 spiro atoms. The molecule has 3 aromatic rings. The van der Waals surface area contributed by atoms with E-state index in [0.717, 1.165) is 23.8 Å². The summed E-state index contributed by atoms with van der Waals surface area (Å²) in [7, 11) is -3.94. The van der Waals surface area contributed by atoms with Crippen molar-refractivity contribution < 1.29 is 12.8 Å². The summed E-state index contributed by atoms with van der Waals surface area (Å²) in [5.74, 6) is -0.699. The van der Waals surface area contributed by atoms with Crippen molar-refractivity contribution in [1.29, 1.82) is 0 Å². The Morgan fingerprint density at radius 2 is 1.81 bits per heavy atom. The Morgan fingerprint density at radius 1 is 1.08 bits per heavy atom. The Bertz CT molecular complexity index is 1030. The minimum Gasteiger partial charge on any atom is -0.282 e. The van der Waals surface area contributed by atoms with Gasteiger partial charge in [-0.25, -0.2) is 12.8 Å². The van der Waals surface area contributed by atoms with Crippen LogP contribution in [0.5, 0.6) is 0 Å². The number of anilines is 1. The fourth-order valence-electron chi connectivity index (χ4n) is 1.97. The van der Waals surface area contributed by atoms with Gasteiger partial charge in [0.1, 0.15) is 10.8 Å². The summed E-state index contributed by atoms with van der Waals surface area (Å²) >= 11 is 12.6. The van der Waals surface area contributed by atoms with Gasteiger partial charge in [-0.15, -0.1) is 15.0 Å². The lowest BCUT2D eigenvalue weighted by atomic mass is 10.2. The zero-order valence-corrected chi connectivity index (χ0v) is 16.1. The highest BCUT2D eigenvalue weighted by Gasteiger charge is 2.16.